The van der Waals surface area contributed by atoms with Crippen LogP contribution in [0.1, 0.15) is 24.0 Å². The summed E-state index contributed by atoms with van der Waals surface area (Å²) < 4.78 is 5.42. The maximum atomic E-state index is 9.65. The molecule has 5 rings (SSSR count). The Hall–Kier alpha value is -3.54. The summed E-state index contributed by atoms with van der Waals surface area (Å²) in [5.74, 6) is 1.28. The number of hydrogen-bond acceptors (Lipinski definition) is 8. The lowest BCUT2D eigenvalue weighted by Crippen LogP contribution is -2.35. The van der Waals surface area contributed by atoms with Crippen LogP contribution in [0.25, 0.3) is 11.3 Å². The number of rotatable bonds is 6. The monoisotopic (exact) mass is 441 g/mol. The fourth-order valence-corrected chi connectivity index (χ4v) is 4.28. The number of hydrogen-bond donors (Lipinski definition) is 1. The average Bonchev–Trinajstić information content (AvgIpc) is 3.41. The predicted octanol–water partition coefficient (Wildman–Crippen LogP) is 3.59. The molecule has 2 fully saturated rings. The number of nitrogens with one attached hydrogen (secondary N) is 1. The van der Waals surface area contributed by atoms with E-state index < -0.39 is 0 Å². The van der Waals surface area contributed by atoms with Gasteiger partial charge in [-0.25, -0.2) is 15.0 Å². The van der Waals surface area contributed by atoms with Gasteiger partial charge in [0.05, 0.1) is 24.5 Å². The van der Waals surface area contributed by atoms with Gasteiger partial charge in [0, 0.05) is 56.4 Å². The van der Waals surface area contributed by atoms with Crippen molar-refractivity contribution in [3.8, 4) is 17.3 Å². The van der Waals surface area contributed by atoms with E-state index in [-0.39, 0.29) is 0 Å². The molecule has 2 aromatic heterocycles. The predicted molar refractivity (Wildman–Crippen MR) is 127 cm³/mol. The molecule has 0 atom stereocenters. The van der Waals surface area contributed by atoms with E-state index in [0.29, 0.717) is 11.5 Å². The largest absolute Gasteiger partial charge is 0.379 e. The van der Waals surface area contributed by atoms with Crippen LogP contribution in [0.5, 0.6) is 0 Å². The number of aromatic nitrogens is 3. The topological polar surface area (TPSA) is 90.2 Å². The van der Waals surface area contributed by atoms with Gasteiger partial charge in [0.1, 0.15) is 11.9 Å². The lowest BCUT2D eigenvalue weighted by atomic mass is 10.1. The molecule has 168 valence electrons. The Labute approximate surface area is 193 Å². The first-order chi connectivity index (χ1) is 16.3. The van der Waals surface area contributed by atoms with Gasteiger partial charge in [0.15, 0.2) is 0 Å². The molecule has 0 unspecified atom stereocenters. The van der Waals surface area contributed by atoms with Gasteiger partial charge in [-0.2, -0.15) is 5.26 Å². The number of anilines is 3. The fraction of sp³-hybridized carbons (Fsp3) is 0.360. The van der Waals surface area contributed by atoms with Gasteiger partial charge in [-0.05, 0) is 42.7 Å². The highest BCUT2D eigenvalue weighted by atomic mass is 16.5. The molecule has 0 bridgehead atoms. The van der Waals surface area contributed by atoms with Gasteiger partial charge in [-0.15, -0.1) is 0 Å². The quantitative estimate of drug-likeness (QED) is 0.621. The summed E-state index contributed by atoms with van der Waals surface area (Å²) >= 11 is 0. The summed E-state index contributed by atoms with van der Waals surface area (Å²) in [6.07, 6.45) is 5.80. The molecule has 8 heteroatoms. The number of ether oxygens (including phenoxy) is 1. The van der Waals surface area contributed by atoms with Crippen molar-refractivity contribution in [3.05, 3.63) is 59.9 Å². The summed E-state index contributed by atoms with van der Waals surface area (Å²) in [5, 5.41) is 12.9. The molecule has 2 saturated heterocycles. The van der Waals surface area contributed by atoms with Crippen LogP contribution < -0.4 is 10.2 Å². The van der Waals surface area contributed by atoms with Crippen LogP contribution in [-0.4, -0.2) is 59.2 Å². The van der Waals surface area contributed by atoms with Crippen molar-refractivity contribution in [1.82, 2.24) is 19.9 Å². The molecule has 0 aliphatic carbocycles. The van der Waals surface area contributed by atoms with Crippen LogP contribution in [0.15, 0.2) is 48.8 Å². The van der Waals surface area contributed by atoms with Crippen molar-refractivity contribution in [3.63, 3.8) is 0 Å². The van der Waals surface area contributed by atoms with Crippen LogP contribution in [0.2, 0.25) is 0 Å². The minimum Gasteiger partial charge on any atom is -0.379 e. The average molecular weight is 442 g/mol. The van der Waals surface area contributed by atoms with E-state index in [1.165, 1.54) is 5.56 Å². The minimum absolute atomic E-state index is 0.510. The normalized spacial score (nSPS) is 16.5. The Bertz CT molecular complexity index is 1130. The van der Waals surface area contributed by atoms with E-state index in [1.54, 1.807) is 12.4 Å². The number of nitriles is 1. The molecule has 0 radical (unpaired) electrons. The first-order valence-corrected chi connectivity index (χ1v) is 11.4. The van der Waals surface area contributed by atoms with Crippen LogP contribution in [0.4, 0.5) is 17.5 Å². The summed E-state index contributed by atoms with van der Waals surface area (Å²) in [5.41, 5.74) is 4.32. The highest BCUT2D eigenvalue weighted by Crippen LogP contribution is 2.27. The Morgan fingerprint density at radius 1 is 1.00 bits per heavy atom. The van der Waals surface area contributed by atoms with Crippen molar-refractivity contribution in [2.45, 2.75) is 19.4 Å². The van der Waals surface area contributed by atoms with Gasteiger partial charge in [0.2, 0.25) is 5.95 Å². The second-order valence-electron chi connectivity index (χ2n) is 8.38. The second-order valence-corrected chi connectivity index (χ2v) is 8.38. The molecule has 1 N–H and O–H groups in total. The van der Waals surface area contributed by atoms with E-state index in [4.69, 9.17) is 4.74 Å². The zero-order valence-electron chi connectivity index (χ0n) is 18.6. The van der Waals surface area contributed by atoms with E-state index >= 15 is 0 Å². The number of benzene rings is 1. The van der Waals surface area contributed by atoms with E-state index in [9.17, 15) is 5.26 Å². The zero-order chi connectivity index (χ0) is 22.5. The summed E-state index contributed by atoms with van der Waals surface area (Å²) in [7, 11) is 0. The molecule has 0 amide bonds. The molecule has 0 saturated carbocycles. The van der Waals surface area contributed by atoms with Crippen molar-refractivity contribution in [2.75, 3.05) is 49.6 Å². The molecule has 2 aliphatic heterocycles. The standard InChI is InChI=1S/C25H27N7O/c26-16-20-15-21(17-28-24(20)32-9-1-2-10-32)23-7-8-27-25(30-23)29-22-5-3-19(4-6-22)18-31-11-13-33-14-12-31/h3-8,15,17H,1-2,9-14,18H2,(H,27,29,30). The van der Waals surface area contributed by atoms with Crippen molar-refractivity contribution >= 4 is 17.5 Å². The number of pyridine rings is 1. The maximum Gasteiger partial charge on any atom is 0.227 e. The minimum atomic E-state index is 0.510. The Balaban J connectivity index is 1.29. The van der Waals surface area contributed by atoms with Gasteiger partial charge < -0.3 is 15.0 Å². The highest BCUT2D eigenvalue weighted by Gasteiger charge is 2.18. The van der Waals surface area contributed by atoms with Crippen LogP contribution in [0.3, 0.4) is 0 Å². The Morgan fingerprint density at radius 2 is 1.79 bits per heavy atom. The SMILES string of the molecule is N#Cc1cc(-c2ccnc(Nc3ccc(CN4CCOCC4)cc3)n2)cnc1N1CCCC1. The molecule has 0 spiro atoms. The van der Waals surface area contributed by atoms with Gasteiger partial charge >= 0.3 is 0 Å². The van der Waals surface area contributed by atoms with E-state index in [1.807, 2.05) is 24.3 Å². The third-order valence-electron chi connectivity index (χ3n) is 6.06. The van der Waals surface area contributed by atoms with E-state index in [0.717, 1.165) is 81.5 Å². The fourth-order valence-electron chi connectivity index (χ4n) is 4.28. The molecule has 2 aliphatic rings. The first-order valence-electron chi connectivity index (χ1n) is 11.4. The lowest BCUT2D eigenvalue weighted by molar-refractivity contribution is 0.0342. The van der Waals surface area contributed by atoms with Gasteiger partial charge in [0.25, 0.3) is 0 Å². The molecule has 3 aromatic rings. The van der Waals surface area contributed by atoms with Crippen molar-refractivity contribution < 1.29 is 4.74 Å². The second kappa shape index (κ2) is 9.94. The lowest BCUT2D eigenvalue weighted by Gasteiger charge is -2.26. The summed E-state index contributed by atoms with van der Waals surface area (Å²) in [4.78, 5) is 18.2. The molecule has 8 nitrogen and oxygen atoms in total. The van der Waals surface area contributed by atoms with Gasteiger partial charge in [-0.3, -0.25) is 4.90 Å². The van der Waals surface area contributed by atoms with Crippen LogP contribution in [0, 0.1) is 11.3 Å². The highest BCUT2D eigenvalue weighted by molar-refractivity contribution is 5.67. The van der Waals surface area contributed by atoms with Gasteiger partial charge in [-0.1, -0.05) is 12.1 Å². The third-order valence-corrected chi connectivity index (χ3v) is 6.06. The number of morpholine rings is 1. The summed E-state index contributed by atoms with van der Waals surface area (Å²) in [6, 6.07) is 14.4. The Morgan fingerprint density at radius 3 is 2.55 bits per heavy atom. The maximum absolute atomic E-state index is 9.65. The molecule has 1 aromatic carbocycles. The van der Waals surface area contributed by atoms with Crippen LogP contribution >= 0.6 is 0 Å². The van der Waals surface area contributed by atoms with Crippen LogP contribution in [-0.2, 0) is 11.3 Å². The molecular weight excluding hydrogens is 414 g/mol. The van der Waals surface area contributed by atoms with Crippen molar-refractivity contribution in [1.29, 1.82) is 5.26 Å². The molecular formula is C25H27N7O. The zero-order valence-corrected chi connectivity index (χ0v) is 18.6. The Kier molecular flexibility index (Phi) is 6.42. The number of nitrogens with zero attached hydrogens (tertiary/aromatic N) is 6. The smallest absolute Gasteiger partial charge is 0.227 e. The van der Waals surface area contributed by atoms with E-state index in [2.05, 4.69) is 48.3 Å². The van der Waals surface area contributed by atoms with Crippen molar-refractivity contribution in [2.24, 2.45) is 0 Å². The molecule has 4 heterocycles. The third kappa shape index (κ3) is 5.11. The molecule has 33 heavy (non-hydrogen) atoms. The summed E-state index contributed by atoms with van der Waals surface area (Å²) in [6.45, 7) is 6.39. The first kappa shape index (κ1) is 21.3.